The summed E-state index contributed by atoms with van der Waals surface area (Å²) in [5.74, 6) is 1.00. The van der Waals surface area contributed by atoms with Gasteiger partial charge in [0.1, 0.15) is 0 Å². The third kappa shape index (κ3) is 5.14. The van der Waals surface area contributed by atoms with Crippen LogP contribution in [0.25, 0.3) is 11.4 Å². The standard InChI is InChI=1S/C17H24N4O3/c1-13(21(2)12-15(22)18-10-7-11-23-3)17-19-16(20-24-17)14-8-5-4-6-9-14/h4-6,8-9,13H,7,10-12H2,1-3H3,(H,18,22). The summed E-state index contributed by atoms with van der Waals surface area (Å²) in [7, 11) is 3.50. The Balaban J connectivity index is 1.88. The highest BCUT2D eigenvalue weighted by Gasteiger charge is 2.21. The van der Waals surface area contributed by atoms with Crippen molar-refractivity contribution in [2.24, 2.45) is 0 Å². The maximum Gasteiger partial charge on any atom is 0.244 e. The van der Waals surface area contributed by atoms with Crippen molar-refractivity contribution < 1.29 is 14.1 Å². The molecule has 1 amide bonds. The Hall–Kier alpha value is -2.25. The molecular formula is C17H24N4O3. The molecule has 0 aliphatic rings. The van der Waals surface area contributed by atoms with Crippen LogP contribution >= 0.6 is 0 Å². The van der Waals surface area contributed by atoms with E-state index >= 15 is 0 Å². The van der Waals surface area contributed by atoms with Crippen LogP contribution in [0, 0.1) is 0 Å². The molecule has 2 rings (SSSR count). The van der Waals surface area contributed by atoms with Crippen LogP contribution in [-0.4, -0.2) is 54.8 Å². The van der Waals surface area contributed by atoms with E-state index in [9.17, 15) is 4.79 Å². The molecule has 1 aromatic heterocycles. The molecule has 1 heterocycles. The Morgan fingerprint density at radius 1 is 1.38 bits per heavy atom. The zero-order valence-electron chi connectivity index (χ0n) is 14.4. The minimum Gasteiger partial charge on any atom is -0.385 e. The average Bonchev–Trinajstić information content (AvgIpc) is 3.09. The highest BCUT2D eigenvalue weighted by molar-refractivity contribution is 5.77. The smallest absolute Gasteiger partial charge is 0.244 e. The van der Waals surface area contributed by atoms with E-state index in [1.807, 2.05) is 49.2 Å². The first-order valence-corrected chi connectivity index (χ1v) is 7.96. The molecule has 1 unspecified atom stereocenters. The number of nitrogens with zero attached hydrogens (tertiary/aromatic N) is 3. The molecule has 0 radical (unpaired) electrons. The fourth-order valence-corrected chi connectivity index (χ4v) is 2.16. The van der Waals surface area contributed by atoms with Crippen LogP contribution in [0.1, 0.15) is 25.3 Å². The number of aromatic nitrogens is 2. The summed E-state index contributed by atoms with van der Waals surface area (Å²) in [4.78, 5) is 18.2. The quantitative estimate of drug-likeness (QED) is 0.706. The third-order valence-electron chi connectivity index (χ3n) is 3.73. The van der Waals surface area contributed by atoms with Crippen LogP contribution < -0.4 is 5.32 Å². The van der Waals surface area contributed by atoms with Gasteiger partial charge in [0.2, 0.25) is 17.6 Å². The number of likely N-dealkylation sites (N-methyl/N-ethyl adjacent to an activating group) is 1. The zero-order chi connectivity index (χ0) is 17.4. The van der Waals surface area contributed by atoms with Crippen molar-refractivity contribution in [2.45, 2.75) is 19.4 Å². The Morgan fingerprint density at radius 3 is 2.83 bits per heavy atom. The lowest BCUT2D eigenvalue weighted by atomic mass is 10.2. The van der Waals surface area contributed by atoms with E-state index in [2.05, 4.69) is 15.5 Å². The molecule has 0 fully saturated rings. The molecule has 1 aromatic carbocycles. The minimum atomic E-state index is -0.153. The number of rotatable bonds is 9. The van der Waals surface area contributed by atoms with Crippen LogP contribution in [0.5, 0.6) is 0 Å². The minimum absolute atomic E-state index is 0.0387. The summed E-state index contributed by atoms with van der Waals surface area (Å²) in [6.45, 7) is 3.43. The number of ether oxygens (including phenoxy) is 1. The summed E-state index contributed by atoms with van der Waals surface area (Å²) in [6.07, 6.45) is 0.797. The van der Waals surface area contributed by atoms with Gasteiger partial charge >= 0.3 is 0 Å². The molecule has 2 aromatic rings. The molecule has 7 nitrogen and oxygen atoms in total. The largest absolute Gasteiger partial charge is 0.385 e. The first kappa shape index (κ1) is 18.1. The van der Waals surface area contributed by atoms with Gasteiger partial charge in [0.25, 0.3) is 0 Å². The topological polar surface area (TPSA) is 80.5 Å². The first-order valence-electron chi connectivity index (χ1n) is 7.96. The molecule has 24 heavy (non-hydrogen) atoms. The van der Waals surface area contributed by atoms with Gasteiger partial charge in [-0.1, -0.05) is 35.5 Å². The Kier molecular flexibility index (Phi) is 6.89. The molecule has 1 N–H and O–H groups in total. The van der Waals surface area contributed by atoms with Gasteiger partial charge in [-0.15, -0.1) is 0 Å². The van der Waals surface area contributed by atoms with Gasteiger partial charge in [-0.3, -0.25) is 9.69 Å². The summed E-state index contributed by atoms with van der Waals surface area (Å²) in [6, 6.07) is 9.49. The lowest BCUT2D eigenvalue weighted by Gasteiger charge is -2.20. The summed E-state index contributed by atoms with van der Waals surface area (Å²) in [5.41, 5.74) is 0.901. The van der Waals surface area contributed by atoms with E-state index in [1.54, 1.807) is 7.11 Å². The molecular weight excluding hydrogens is 308 g/mol. The molecule has 7 heteroatoms. The first-order chi connectivity index (χ1) is 11.6. The van der Waals surface area contributed by atoms with Crippen molar-refractivity contribution in [1.82, 2.24) is 20.4 Å². The van der Waals surface area contributed by atoms with Gasteiger partial charge < -0.3 is 14.6 Å². The molecule has 0 saturated heterocycles. The van der Waals surface area contributed by atoms with E-state index in [4.69, 9.17) is 9.26 Å². The van der Waals surface area contributed by atoms with Gasteiger partial charge in [0.15, 0.2) is 0 Å². The van der Waals surface area contributed by atoms with Crippen LogP contribution in [0.3, 0.4) is 0 Å². The lowest BCUT2D eigenvalue weighted by Crippen LogP contribution is -2.37. The summed E-state index contributed by atoms with van der Waals surface area (Å²) < 4.78 is 10.3. The molecule has 0 aliphatic heterocycles. The van der Waals surface area contributed by atoms with Crippen molar-refractivity contribution >= 4 is 5.91 Å². The fraction of sp³-hybridized carbons (Fsp3) is 0.471. The van der Waals surface area contributed by atoms with E-state index in [0.29, 0.717) is 24.9 Å². The molecule has 0 aliphatic carbocycles. The average molecular weight is 332 g/mol. The van der Waals surface area contributed by atoms with Crippen LogP contribution in [0.15, 0.2) is 34.9 Å². The van der Waals surface area contributed by atoms with Crippen molar-refractivity contribution in [3.8, 4) is 11.4 Å². The number of benzene rings is 1. The molecule has 0 spiro atoms. The van der Waals surface area contributed by atoms with Crippen molar-refractivity contribution in [1.29, 1.82) is 0 Å². The summed E-state index contributed by atoms with van der Waals surface area (Å²) >= 11 is 0. The number of amides is 1. The fourth-order valence-electron chi connectivity index (χ4n) is 2.16. The molecule has 0 saturated carbocycles. The van der Waals surface area contributed by atoms with E-state index in [0.717, 1.165) is 12.0 Å². The SMILES string of the molecule is COCCCNC(=O)CN(C)C(C)c1nc(-c2ccccc2)no1. The number of methoxy groups -OCH3 is 1. The summed E-state index contributed by atoms with van der Waals surface area (Å²) in [5, 5.41) is 6.87. The van der Waals surface area contributed by atoms with Gasteiger partial charge in [0.05, 0.1) is 12.6 Å². The van der Waals surface area contributed by atoms with Gasteiger partial charge in [-0.05, 0) is 20.4 Å². The Labute approximate surface area is 142 Å². The van der Waals surface area contributed by atoms with E-state index < -0.39 is 0 Å². The predicted molar refractivity (Wildman–Crippen MR) is 90.3 cm³/mol. The van der Waals surface area contributed by atoms with Crippen LogP contribution in [0.4, 0.5) is 0 Å². The number of hydrogen-bond acceptors (Lipinski definition) is 6. The second-order valence-corrected chi connectivity index (χ2v) is 5.61. The number of carbonyl (C=O) groups is 1. The number of nitrogens with one attached hydrogen (secondary N) is 1. The number of hydrogen-bond donors (Lipinski definition) is 1. The van der Waals surface area contributed by atoms with Crippen molar-refractivity contribution in [3.63, 3.8) is 0 Å². The molecule has 130 valence electrons. The van der Waals surface area contributed by atoms with Crippen molar-refractivity contribution in [3.05, 3.63) is 36.2 Å². The van der Waals surface area contributed by atoms with E-state index in [-0.39, 0.29) is 18.5 Å². The molecule has 1 atom stereocenters. The highest BCUT2D eigenvalue weighted by Crippen LogP contribution is 2.21. The van der Waals surface area contributed by atoms with Gasteiger partial charge in [-0.25, -0.2) is 0 Å². The molecule has 0 bridgehead atoms. The Bertz CT molecular complexity index is 630. The second kappa shape index (κ2) is 9.14. The monoisotopic (exact) mass is 332 g/mol. The second-order valence-electron chi connectivity index (χ2n) is 5.61. The number of carbonyl (C=O) groups excluding carboxylic acids is 1. The highest BCUT2D eigenvalue weighted by atomic mass is 16.5. The normalized spacial score (nSPS) is 12.3. The maximum absolute atomic E-state index is 11.9. The maximum atomic E-state index is 11.9. The third-order valence-corrected chi connectivity index (χ3v) is 3.73. The Morgan fingerprint density at radius 2 is 2.12 bits per heavy atom. The van der Waals surface area contributed by atoms with E-state index in [1.165, 1.54) is 0 Å². The lowest BCUT2D eigenvalue weighted by molar-refractivity contribution is -0.122. The van der Waals surface area contributed by atoms with Gasteiger partial charge in [-0.2, -0.15) is 4.98 Å². The van der Waals surface area contributed by atoms with Crippen LogP contribution in [-0.2, 0) is 9.53 Å². The zero-order valence-corrected chi connectivity index (χ0v) is 14.4. The van der Waals surface area contributed by atoms with Crippen LogP contribution in [0.2, 0.25) is 0 Å². The predicted octanol–water partition coefficient (Wildman–Crippen LogP) is 1.88. The van der Waals surface area contributed by atoms with Crippen molar-refractivity contribution in [2.75, 3.05) is 33.9 Å². The van der Waals surface area contributed by atoms with Gasteiger partial charge in [0, 0.05) is 25.8 Å².